The van der Waals surface area contributed by atoms with E-state index in [2.05, 4.69) is 18.5 Å². The van der Waals surface area contributed by atoms with E-state index in [4.69, 9.17) is 4.74 Å². The van der Waals surface area contributed by atoms with Crippen molar-refractivity contribution in [1.82, 2.24) is 5.32 Å². The van der Waals surface area contributed by atoms with Crippen LogP contribution in [-0.4, -0.2) is 24.5 Å². The van der Waals surface area contributed by atoms with Crippen molar-refractivity contribution in [3.8, 4) is 0 Å². The number of nitrogens with one attached hydrogen (secondary N) is 1. The molecule has 0 bridgehead atoms. The highest BCUT2D eigenvalue weighted by Crippen LogP contribution is 2.09. The molecule has 0 aliphatic heterocycles. The second kappa shape index (κ2) is 11.3. The van der Waals surface area contributed by atoms with Gasteiger partial charge in [0.25, 0.3) is 0 Å². The Balaban J connectivity index is 4.27. The molecule has 0 aliphatic carbocycles. The fourth-order valence-corrected chi connectivity index (χ4v) is 1.62. The van der Waals surface area contributed by atoms with Crippen LogP contribution >= 0.6 is 0 Å². The van der Waals surface area contributed by atoms with Gasteiger partial charge in [-0.05, 0) is 18.8 Å². The van der Waals surface area contributed by atoms with Gasteiger partial charge in [-0.1, -0.05) is 32.4 Å². The van der Waals surface area contributed by atoms with Crippen LogP contribution in [0.3, 0.4) is 0 Å². The summed E-state index contributed by atoms with van der Waals surface area (Å²) in [6, 6.07) is -0.134. The van der Waals surface area contributed by atoms with Gasteiger partial charge in [0.05, 0.1) is 6.04 Å². The lowest BCUT2D eigenvalue weighted by molar-refractivity contribution is -0.145. The third-order valence-corrected chi connectivity index (χ3v) is 3.23. The van der Waals surface area contributed by atoms with Crippen molar-refractivity contribution in [2.24, 2.45) is 5.92 Å². The highest BCUT2D eigenvalue weighted by molar-refractivity contribution is 5.76. The van der Waals surface area contributed by atoms with Crippen molar-refractivity contribution in [2.45, 2.75) is 52.0 Å². The van der Waals surface area contributed by atoms with E-state index in [9.17, 15) is 9.59 Å². The van der Waals surface area contributed by atoms with E-state index in [1.807, 2.05) is 13.8 Å². The summed E-state index contributed by atoms with van der Waals surface area (Å²) in [5.41, 5.74) is 0. The number of amides is 1. The summed E-state index contributed by atoms with van der Waals surface area (Å²) < 4.78 is 5.21. The van der Waals surface area contributed by atoms with Crippen LogP contribution in [0, 0.1) is 5.92 Å². The highest BCUT2D eigenvalue weighted by atomic mass is 16.5. The minimum Gasteiger partial charge on any atom is -0.463 e. The molecule has 0 saturated heterocycles. The third kappa shape index (κ3) is 8.51. The van der Waals surface area contributed by atoms with Crippen molar-refractivity contribution < 1.29 is 14.3 Å². The summed E-state index contributed by atoms with van der Waals surface area (Å²) in [5, 5.41) is 2.93. The zero-order valence-corrected chi connectivity index (χ0v) is 12.7. The van der Waals surface area contributed by atoms with Gasteiger partial charge in [0.1, 0.15) is 6.61 Å². The molecule has 4 nitrogen and oxygen atoms in total. The van der Waals surface area contributed by atoms with E-state index in [-0.39, 0.29) is 30.4 Å². The van der Waals surface area contributed by atoms with Crippen molar-refractivity contribution in [3.63, 3.8) is 0 Å². The first kappa shape index (κ1) is 18.4. The lowest BCUT2D eigenvalue weighted by Crippen LogP contribution is -2.43. The molecule has 114 valence electrons. The molecule has 0 aliphatic rings. The molecular weight excluding hydrogens is 254 g/mol. The van der Waals surface area contributed by atoms with Gasteiger partial charge in [-0.3, -0.25) is 9.59 Å². The van der Waals surface area contributed by atoms with Gasteiger partial charge in [0.2, 0.25) is 5.91 Å². The van der Waals surface area contributed by atoms with Gasteiger partial charge in [-0.2, -0.15) is 0 Å². The van der Waals surface area contributed by atoms with Crippen molar-refractivity contribution in [1.29, 1.82) is 0 Å². The van der Waals surface area contributed by atoms with Crippen molar-refractivity contribution in [3.05, 3.63) is 25.3 Å². The average molecular weight is 281 g/mol. The van der Waals surface area contributed by atoms with Crippen LogP contribution in [0.2, 0.25) is 0 Å². The van der Waals surface area contributed by atoms with E-state index in [0.29, 0.717) is 25.7 Å². The zero-order chi connectivity index (χ0) is 15.4. The Bertz CT molecular complexity index is 326. The van der Waals surface area contributed by atoms with E-state index < -0.39 is 0 Å². The normalized spacial score (nSPS) is 13.1. The largest absolute Gasteiger partial charge is 0.463 e. The molecule has 2 atom stereocenters. The Kier molecular flexibility index (Phi) is 10.4. The summed E-state index contributed by atoms with van der Waals surface area (Å²) in [7, 11) is 0. The van der Waals surface area contributed by atoms with Gasteiger partial charge < -0.3 is 10.1 Å². The number of rotatable bonds is 11. The van der Waals surface area contributed by atoms with Gasteiger partial charge in [0.15, 0.2) is 0 Å². The van der Waals surface area contributed by atoms with E-state index in [1.165, 1.54) is 0 Å². The maximum atomic E-state index is 11.7. The minimum atomic E-state index is -0.251. The molecule has 4 heteroatoms. The number of carbonyl (C=O) groups excluding carboxylic acids is 2. The Morgan fingerprint density at radius 1 is 1.20 bits per heavy atom. The van der Waals surface area contributed by atoms with E-state index >= 15 is 0 Å². The van der Waals surface area contributed by atoms with Crippen molar-refractivity contribution in [2.75, 3.05) is 6.61 Å². The number of ether oxygens (including phenoxy) is 1. The zero-order valence-electron chi connectivity index (χ0n) is 12.7. The second-order valence-corrected chi connectivity index (χ2v) is 4.90. The maximum absolute atomic E-state index is 11.7. The molecule has 0 aromatic carbocycles. The predicted molar refractivity (Wildman–Crippen MR) is 81.2 cm³/mol. The first-order valence-corrected chi connectivity index (χ1v) is 7.21. The van der Waals surface area contributed by atoms with Gasteiger partial charge >= 0.3 is 5.97 Å². The number of esters is 1. The highest BCUT2D eigenvalue weighted by Gasteiger charge is 2.19. The minimum absolute atomic E-state index is 0.0302. The van der Waals surface area contributed by atoms with Crippen LogP contribution in [0.5, 0.6) is 0 Å². The standard InChI is InChI=1S/C16H27NO3/c1-5-8-10-15(18)17-14(13(4)7-3)12-20-16(19)11-9-6-2/h5-6,13-14H,1-2,7-12H2,3-4H3,(H,17,18)/t13?,14-/m1/s1. The van der Waals surface area contributed by atoms with Crippen LogP contribution in [0.1, 0.15) is 46.0 Å². The molecule has 1 N–H and O–H groups in total. The Morgan fingerprint density at radius 2 is 1.80 bits per heavy atom. The molecule has 0 heterocycles. The quantitative estimate of drug-likeness (QED) is 0.468. The average Bonchev–Trinajstić information content (AvgIpc) is 2.46. The molecule has 0 radical (unpaired) electrons. The maximum Gasteiger partial charge on any atom is 0.306 e. The summed E-state index contributed by atoms with van der Waals surface area (Å²) in [4.78, 5) is 23.2. The smallest absolute Gasteiger partial charge is 0.306 e. The molecule has 0 fully saturated rings. The number of hydrogen-bond acceptors (Lipinski definition) is 3. The monoisotopic (exact) mass is 281 g/mol. The van der Waals surface area contributed by atoms with Crippen LogP contribution in [0.4, 0.5) is 0 Å². The summed E-state index contributed by atoms with van der Waals surface area (Å²) in [6.07, 6.45) is 6.33. The SMILES string of the molecule is C=CCCC(=O)N[C@H](COC(=O)CCC=C)C(C)CC. The topological polar surface area (TPSA) is 55.4 Å². The van der Waals surface area contributed by atoms with Gasteiger partial charge in [-0.15, -0.1) is 13.2 Å². The molecule has 1 unspecified atom stereocenters. The Labute approximate surface area is 122 Å². The first-order valence-electron chi connectivity index (χ1n) is 7.21. The van der Waals surface area contributed by atoms with Crippen molar-refractivity contribution >= 4 is 11.9 Å². The molecule has 0 spiro atoms. The first-order chi connectivity index (χ1) is 9.54. The fourth-order valence-electron chi connectivity index (χ4n) is 1.62. The van der Waals surface area contributed by atoms with Crippen LogP contribution < -0.4 is 5.32 Å². The van der Waals surface area contributed by atoms with Crippen LogP contribution in [-0.2, 0) is 14.3 Å². The molecule has 20 heavy (non-hydrogen) atoms. The molecule has 0 saturated carbocycles. The molecule has 0 aromatic heterocycles. The van der Waals surface area contributed by atoms with Crippen LogP contribution in [0.25, 0.3) is 0 Å². The number of allylic oxidation sites excluding steroid dienone is 2. The Morgan fingerprint density at radius 3 is 2.35 bits per heavy atom. The van der Waals surface area contributed by atoms with E-state index in [0.717, 1.165) is 6.42 Å². The predicted octanol–water partition coefficient (Wildman–Crippen LogP) is 2.99. The summed E-state index contributed by atoms with van der Waals surface area (Å²) >= 11 is 0. The summed E-state index contributed by atoms with van der Waals surface area (Å²) in [5.74, 6) is -0.0224. The Hall–Kier alpha value is -1.58. The molecule has 0 aromatic rings. The van der Waals surface area contributed by atoms with Gasteiger partial charge in [-0.25, -0.2) is 0 Å². The lowest BCUT2D eigenvalue weighted by atomic mass is 9.99. The van der Waals surface area contributed by atoms with Crippen LogP contribution in [0.15, 0.2) is 25.3 Å². The number of carbonyl (C=O) groups is 2. The summed E-state index contributed by atoms with van der Waals surface area (Å²) in [6.45, 7) is 11.5. The second-order valence-electron chi connectivity index (χ2n) is 4.90. The third-order valence-electron chi connectivity index (χ3n) is 3.23. The lowest BCUT2D eigenvalue weighted by Gasteiger charge is -2.24. The number of hydrogen-bond donors (Lipinski definition) is 1. The molecule has 1 amide bonds. The molecule has 0 rings (SSSR count). The van der Waals surface area contributed by atoms with Gasteiger partial charge in [0, 0.05) is 12.8 Å². The molecular formula is C16H27NO3. The van der Waals surface area contributed by atoms with E-state index in [1.54, 1.807) is 12.2 Å². The fraction of sp³-hybridized carbons (Fsp3) is 0.625.